The number of hydrogen-bond donors (Lipinski definition) is 4. The zero-order valence-corrected chi connectivity index (χ0v) is 33.1. The molecular weight excluding hydrogens is 628 g/mol. The highest BCUT2D eigenvalue weighted by atomic mass is 16.4. The molecular formula is C42H80N2O6. The normalized spacial score (nSPS) is 10.7. The molecule has 0 saturated heterocycles. The lowest BCUT2D eigenvalue weighted by Crippen LogP contribution is -2.34. The van der Waals surface area contributed by atoms with Crippen molar-refractivity contribution in [3.63, 3.8) is 0 Å². The Labute approximate surface area is 308 Å². The highest BCUT2D eigenvalue weighted by Crippen LogP contribution is 2.11. The van der Waals surface area contributed by atoms with Crippen molar-refractivity contribution in [1.82, 2.24) is 10.6 Å². The van der Waals surface area contributed by atoms with Crippen molar-refractivity contribution in [3.8, 4) is 0 Å². The molecule has 0 aromatic carbocycles. The van der Waals surface area contributed by atoms with Crippen molar-refractivity contribution in [2.24, 2.45) is 0 Å². The van der Waals surface area contributed by atoms with Crippen LogP contribution in [-0.4, -0.2) is 47.1 Å². The molecule has 0 spiro atoms. The largest absolute Gasteiger partial charge is 0.481 e. The van der Waals surface area contributed by atoms with Crippen LogP contribution in [-0.2, 0) is 19.2 Å². The van der Waals surface area contributed by atoms with Gasteiger partial charge in [-0.05, 0) is 64.2 Å². The lowest BCUT2D eigenvalue weighted by atomic mass is 10.1. The number of unbranched alkanes of at least 4 members (excludes halogenated alkanes) is 22. The minimum Gasteiger partial charge on any atom is -0.481 e. The van der Waals surface area contributed by atoms with Crippen LogP contribution in [0.1, 0.15) is 207 Å². The van der Waals surface area contributed by atoms with Gasteiger partial charge in [0.25, 0.3) is 11.9 Å². The molecule has 0 unspecified atom stereocenters. The van der Waals surface area contributed by atoms with E-state index >= 15 is 0 Å². The standard InChI is InChI=1S/C38H72N2O2.2C2H4O2/c1-3-5-7-9-11-13-15-17-19-21-23-25-27-29-31-33-37(41)39-35-36-40-38(42)34-32-30-28-26-24-22-20-18-16-14-12-10-8-6-4-2;2*1-2(3)4/h17-20H,3-16,21-36H2,1-2H3,(H,39,41)(H,40,42);2*1H3,(H,3,4)/b19-17-,20-18-;;. The zero-order valence-electron chi connectivity index (χ0n) is 33.1. The molecule has 0 radical (unpaired) electrons. The Balaban J connectivity index is -0.00000247. The van der Waals surface area contributed by atoms with Crippen LogP contribution >= 0.6 is 0 Å². The first kappa shape index (κ1) is 51.7. The van der Waals surface area contributed by atoms with Crippen LogP contribution in [0.15, 0.2) is 24.3 Å². The second-order valence-electron chi connectivity index (χ2n) is 13.4. The molecule has 8 heteroatoms. The molecule has 8 nitrogen and oxygen atoms in total. The summed E-state index contributed by atoms with van der Waals surface area (Å²) in [4.78, 5) is 42.0. The Morgan fingerprint density at radius 2 is 0.620 bits per heavy atom. The number of allylic oxidation sites excluding steroid dienone is 4. The van der Waals surface area contributed by atoms with Crippen LogP contribution in [0.3, 0.4) is 0 Å². The smallest absolute Gasteiger partial charge is 0.300 e. The maximum absolute atomic E-state index is 12.0. The summed E-state index contributed by atoms with van der Waals surface area (Å²) in [6.07, 6.45) is 43.6. The molecule has 0 aliphatic carbocycles. The molecule has 0 heterocycles. The molecule has 0 aliphatic heterocycles. The Kier molecular flexibility index (Phi) is 48.0. The molecule has 0 rings (SSSR count). The molecule has 4 N–H and O–H groups in total. The van der Waals surface area contributed by atoms with Gasteiger partial charge in [-0.15, -0.1) is 0 Å². The van der Waals surface area contributed by atoms with Crippen molar-refractivity contribution in [1.29, 1.82) is 0 Å². The fraction of sp³-hybridized carbons (Fsp3) is 0.810. The van der Waals surface area contributed by atoms with Gasteiger partial charge in [-0.1, -0.05) is 141 Å². The average Bonchev–Trinajstić information content (AvgIpc) is 3.06. The van der Waals surface area contributed by atoms with Gasteiger partial charge < -0.3 is 20.8 Å². The highest BCUT2D eigenvalue weighted by molar-refractivity contribution is 5.77. The van der Waals surface area contributed by atoms with E-state index < -0.39 is 11.9 Å². The van der Waals surface area contributed by atoms with Gasteiger partial charge in [-0.3, -0.25) is 19.2 Å². The summed E-state index contributed by atoms with van der Waals surface area (Å²) >= 11 is 0. The Bertz CT molecular complexity index is 738. The number of carbonyl (C=O) groups is 4. The van der Waals surface area contributed by atoms with Crippen molar-refractivity contribution >= 4 is 23.8 Å². The van der Waals surface area contributed by atoms with Gasteiger partial charge in [-0.25, -0.2) is 0 Å². The van der Waals surface area contributed by atoms with Crippen molar-refractivity contribution in [2.45, 2.75) is 207 Å². The Morgan fingerprint density at radius 3 is 0.880 bits per heavy atom. The van der Waals surface area contributed by atoms with Crippen LogP contribution in [0.2, 0.25) is 0 Å². The fourth-order valence-electron chi connectivity index (χ4n) is 5.29. The molecule has 0 aromatic rings. The molecule has 2 amide bonds. The minimum absolute atomic E-state index is 0.110. The zero-order chi connectivity index (χ0) is 37.8. The molecule has 0 aliphatic rings. The van der Waals surface area contributed by atoms with Gasteiger partial charge in [0.15, 0.2) is 0 Å². The summed E-state index contributed by atoms with van der Waals surface area (Å²) in [7, 11) is 0. The summed E-state index contributed by atoms with van der Waals surface area (Å²) in [6, 6.07) is 0. The highest BCUT2D eigenvalue weighted by Gasteiger charge is 2.03. The van der Waals surface area contributed by atoms with E-state index in [1.807, 2.05) is 0 Å². The van der Waals surface area contributed by atoms with Gasteiger partial charge in [0.05, 0.1) is 0 Å². The molecule has 0 saturated carbocycles. The van der Waals surface area contributed by atoms with Gasteiger partial charge in [0.2, 0.25) is 11.8 Å². The number of carboxylic acids is 2. The summed E-state index contributed by atoms with van der Waals surface area (Å²) in [5.41, 5.74) is 0. The van der Waals surface area contributed by atoms with Gasteiger partial charge in [-0.2, -0.15) is 0 Å². The second-order valence-corrected chi connectivity index (χ2v) is 13.4. The van der Waals surface area contributed by atoms with Crippen molar-refractivity contribution < 1.29 is 29.4 Å². The molecule has 0 bridgehead atoms. The monoisotopic (exact) mass is 709 g/mol. The lowest BCUT2D eigenvalue weighted by Gasteiger charge is -2.07. The van der Waals surface area contributed by atoms with Gasteiger partial charge in [0.1, 0.15) is 0 Å². The third kappa shape index (κ3) is 60.7. The Hall–Kier alpha value is -2.64. The van der Waals surface area contributed by atoms with Crippen LogP contribution in [0, 0.1) is 0 Å². The topological polar surface area (TPSA) is 133 Å². The molecule has 294 valence electrons. The van der Waals surface area contributed by atoms with E-state index in [0.29, 0.717) is 25.9 Å². The first-order valence-corrected chi connectivity index (χ1v) is 20.4. The number of rotatable bonds is 33. The summed E-state index contributed by atoms with van der Waals surface area (Å²) < 4.78 is 0. The van der Waals surface area contributed by atoms with E-state index in [1.165, 1.54) is 141 Å². The van der Waals surface area contributed by atoms with E-state index in [2.05, 4.69) is 48.8 Å². The molecule has 0 aromatic heterocycles. The molecule has 0 atom stereocenters. The first-order valence-electron chi connectivity index (χ1n) is 20.4. The van der Waals surface area contributed by atoms with Crippen LogP contribution < -0.4 is 10.6 Å². The number of carbonyl (C=O) groups excluding carboxylic acids is 2. The average molecular weight is 709 g/mol. The first-order chi connectivity index (χ1) is 24.2. The SMILES string of the molecule is CC(=O)O.CC(=O)O.CCCCCCCC/C=C\CCCCCCCC(=O)NCCNC(=O)CCCCCCC/C=C\CCCCCCCC. The van der Waals surface area contributed by atoms with Gasteiger partial charge in [0, 0.05) is 39.8 Å². The number of nitrogens with one attached hydrogen (secondary N) is 2. The summed E-state index contributed by atoms with van der Waals surface area (Å²) in [5, 5.41) is 20.7. The van der Waals surface area contributed by atoms with E-state index in [4.69, 9.17) is 19.8 Å². The van der Waals surface area contributed by atoms with Crippen molar-refractivity contribution in [2.75, 3.05) is 13.1 Å². The van der Waals surface area contributed by atoms with E-state index in [0.717, 1.165) is 39.5 Å². The summed E-state index contributed by atoms with van der Waals surface area (Å²) in [6.45, 7) is 7.77. The number of hydrogen-bond acceptors (Lipinski definition) is 4. The lowest BCUT2D eigenvalue weighted by molar-refractivity contribution is -0.135. The minimum atomic E-state index is -0.833. The predicted octanol–water partition coefficient (Wildman–Crippen LogP) is 11.5. The van der Waals surface area contributed by atoms with E-state index in [9.17, 15) is 9.59 Å². The fourth-order valence-corrected chi connectivity index (χ4v) is 5.29. The molecule has 0 fully saturated rings. The summed E-state index contributed by atoms with van der Waals surface area (Å²) in [5.74, 6) is -1.45. The maximum Gasteiger partial charge on any atom is 0.300 e. The Morgan fingerprint density at radius 1 is 0.400 bits per heavy atom. The predicted molar refractivity (Wildman–Crippen MR) is 212 cm³/mol. The van der Waals surface area contributed by atoms with Crippen LogP contribution in [0.5, 0.6) is 0 Å². The number of carboxylic acid groups (broad SMARTS) is 2. The van der Waals surface area contributed by atoms with Crippen molar-refractivity contribution in [3.05, 3.63) is 24.3 Å². The molecule has 50 heavy (non-hydrogen) atoms. The third-order valence-corrected chi connectivity index (χ3v) is 8.10. The van der Waals surface area contributed by atoms with Crippen LogP contribution in [0.25, 0.3) is 0 Å². The van der Waals surface area contributed by atoms with Gasteiger partial charge >= 0.3 is 0 Å². The van der Waals surface area contributed by atoms with E-state index in [-0.39, 0.29) is 11.8 Å². The van der Waals surface area contributed by atoms with Crippen LogP contribution in [0.4, 0.5) is 0 Å². The number of aliphatic carboxylic acids is 2. The second kappa shape index (κ2) is 46.4. The quantitative estimate of drug-likeness (QED) is 0.0396. The maximum atomic E-state index is 12.0. The van der Waals surface area contributed by atoms with E-state index in [1.54, 1.807) is 0 Å². The number of amides is 2. The third-order valence-electron chi connectivity index (χ3n) is 8.10.